The molecule has 0 spiro atoms. The van der Waals surface area contributed by atoms with E-state index in [0.717, 1.165) is 37.3 Å². The lowest BCUT2D eigenvalue weighted by molar-refractivity contribution is -0.169. The first kappa shape index (κ1) is 32.1. The number of aldehydes is 1. The minimum absolute atomic E-state index is 0.0485. The van der Waals surface area contributed by atoms with Crippen LogP contribution in [-0.2, 0) is 33.3 Å². The Labute approximate surface area is 225 Å². The molecule has 2 rings (SSSR count). The molecule has 0 aliphatic carbocycles. The maximum absolute atomic E-state index is 12.9. The van der Waals surface area contributed by atoms with Crippen LogP contribution in [0.3, 0.4) is 0 Å². The van der Waals surface area contributed by atoms with Crippen LogP contribution in [0.1, 0.15) is 67.2 Å². The van der Waals surface area contributed by atoms with Crippen LogP contribution in [0.2, 0.25) is 18.1 Å². The predicted octanol–water partition coefficient (Wildman–Crippen LogP) is 5.78. The Morgan fingerprint density at radius 3 is 2.27 bits per heavy atom. The minimum Gasteiger partial charge on any atom is -0.405 e. The lowest BCUT2D eigenvalue weighted by Crippen LogP contribution is -2.45. The molecule has 1 aliphatic heterocycles. The molecule has 9 heteroatoms. The molecule has 7 nitrogen and oxygen atoms in total. The van der Waals surface area contributed by atoms with Crippen LogP contribution in [0.25, 0.3) is 0 Å². The second-order valence-corrected chi connectivity index (χ2v) is 17.0. The molecule has 0 aromatic heterocycles. The minimum atomic E-state index is -3.39. The van der Waals surface area contributed by atoms with E-state index in [1.54, 1.807) is 24.3 Å². The van der Waals surface area contributed by atoms with Gasteiger partial charge in [-0.3, -0.25) is 0 Å². The van der Waals surface area contributed by atoms with E-state index in [9.17, 15) is 13.2 Å². The van der Waals surface area contributed by atoms with Gasteiger partial charge < -0.3 is 23.4 Å². The Bertz CT molecular complexity index is 883. The van der Waals surface area contributed by atoms with E-state index < -0.39 is 30.5 Å². The first-order valence-electron chi connectivity index (χ1n) is 13.9. The summed E-state index contributed by atoms with van der Waals surface area (Å²) in [4.78, 5) is 12.3. The van der Waals surface area contributed by atoms with Gasteiger partial charge in [0, 0.05) is 6.61 Å². The van der Waals surface area contributed by atoms with Crippen molar-refractivity contribution in [1.82, 2.24) is 0 Å². The fraction of sp³-hybridized carbons (Fsp3) is 0.750. The van der Waals surface area contributed by atoms with E-state index in [1.165, 1.54) is 0 Å². The van der Waals surface area contributed by atoms with Gasteiger partial charge in [0.15, 0.2) is 24.4 Å². The molecule has 37 heavy (non-hydrogen) atoms. The van der Waals surface area contributed by atoms with Crippen LogP contribution in [0.5, 0.6) is 0 Å². The number of hydrogen-bond acceptors (Lipinski definition) is 7. The third-order valence-corrected chi connectivity index (χ3v) is 14.2. The maximum atomic E-state index is 12.9. The molecule has 6 atom stereocenters. The van der Waals surface area contributed by atoms with Crippen LogP contribution < -0.4 is 0 Å². The Morgan fingerprint density at radius 2 is 1.70 bits per heavy atom. The van der Waals surface area contributed by atoms with E-state index in [2.05, 4.69) is 20.8 Å². The summed E-state index contributed by atoms with van der Waals surface area (Å²) in [7, 11) is -5.33. The summed E-state index contributed by atoms with van der Waals surface area (Å²) >= 11 is 0. The zero-order valence-corrected chi connectivity index (χ0v) is 25.4. The molecule has 0 bridgehead atoms. The molecular weight excluding hydrogens is 508 g/mol. The van der Waals surface area contributed by atoms with Gasteiger partial charge in [0.05, 0.1) is 29.0 Å². The highest BCUT2D eigenvalue weighted by molar-refractivity contribution is 7.91. The van der Waals surface area contributed by atoms with Crippen LogP contribution in [0.15, 0.2) is 35.2 Å². The molecule has 1 aromatic rings. The number of rotatable bonds is 18. The first-order valence-corrected chi connectivity index (χ1v) is 18.1. The Balaban J connectivity index is 2.04. The highest BCUT2D eigenvalue weighted by atomic mass is 32.2. The second kappa shape index (κ2) is 15.5. The Morgan fingerprint density at radius 1 is 1.05 bits per heavy atom. The monoisotopic (exact) mass is 556 g/mol. The predicted molar refractivity (Wildman–Crippen MR) is 149 cm³/mol. The summed E-state index contributed by atoms with van der Waals surface area (Å²) in [5.41, 5.74) is 0. The molecular formula is C28H48O7SSi. The number of benzene rings is 1. The van der Waals surface area contributed by atoms with Crippen molar-refractivity contribution in [3.8, 4) is 0 Å². The number of carbonyl (C=O) groups is 1. The largest absolute Gasteiger partial charge is 0.405 e. The van der Waals surface area contributed by atoms with Gasteiger partial charge in [-0.2, -0.15) is 0 Å². The van der Waals surface area contributed by atoms with E-state index in [-0.39, 0.29) is 30.0 Å². The maximum Gasteiger partial charge on any atom is 0.193 e. The van der Waals surface area contributed by atoms with Crippen LogP contribution >= 0.6 is 0 Å². The lowest BCUT2D eigenvalue weighted by Gasteiger charge is -2.33. The van der Waals surface area contributed by atoms with Crippen LogP contribution in [-0.4, -0.2) is 66.1 Å². The van der Waals surface area contributed by atoms with Crippen molar-refractivity contribution >= 4 is 24.4 Å². The summed E-state index contributed by atoms with van der Waals surface area (Å²) in [6.07, 6.45) is 2.20. The third kappa shape index (κ3) is 9.86. The van der Waals surface area contributed by atoms with Crippen molar-refractivity contribution in [3.63, 3.8) is 0 Å². The normalized spacial score (nSPS) is 21.9. The first-order chi connectivity index (χ1) is 17.6. The summed E-state index contributed by atoms with van der Waals surface area (Å²) in [6.45, 7) is 12.7. The molecule has 1 heterocycles. The van der Waals surface area contributed by atoms with Gasteiger partial charge in [0.25, 0.3) is 0 Å². The molecule has 1 saturated heterocycles. The van der Waals surface area contributed by atoms with Gasteiger partial charge in [-0.1, -0.05) is 45.9 Å². The van der Waals surface area contributed by atoms with Gasteiger partial charge in [-0.05, 0) is 75.7 Å². The Kier molecular flexibility index (Phi) is 13.4. The molecule has 0 N–H and O–H groups in total. The van der Waals surface area contributed by atoms with E-state index in [0.29, 0.717) is 24.3 Å². The SMILES string of the molecule is CCOC(C)O[C@@H](C[C@H](C)CS(=O)(=O)c1ccccc1)C[C@H]1CC[C@H]([C@@H](C=O)O[Si](CC)(CC)CC)O1. The highest BCUT2D eigenvalue weighted by Gasteiger charge is 2.39. The average molecular weight is 557 g/mol. The lowest BCUT2D eigenvalue weighted by atomic mass is 9.99. The average Bonchev–Trinajstić information content (AvgIpc) is 3.33. The van der Waals surface area contributed by atoms with Gasteiger partial charge in [0.2, 0.25) is 0 Å². The summed E-state index contributed by atoms with van der Waals surface area (Å²) in [5, 5.41) is 0. The number of hydrogen-bond donors (Lipinski definition) is 0. The second-order valence-electron chi connectivity index (χ2n) is 10.3. The molecule has 1 aliphatic rings. The summed E-state index contributed by atoms with van der Waals surface area (Å²) in [6, 6.07) is 11.5. The quantitative estimate of drug-likeness (QED) is 0.129. The van der Waals surface area contributed by atoms with E-state index >= 15 is 0 Å². The number of ether oxygens (including phenoxy) is 3. The summed E-state index contributed by atoms with van der Waals surface area (Å²) < 4.78 is 50.4. The molecule has 0 radical (unpaired) electrons. The van der Waals surface area contributed by atoms with E-state index in [4.69, 9.17) is 18.6 Å². The van der Waals surface area contributed by atoms with E-state index in [1.807, 2.05) is 26.8 Å². The van der Waals surface area contributed by atoms with Crippen LogP contribution in [0.4, 0.5) is 0 Å². The zero-order chi connectivity index (χ0) is 27.5. The summed E-state index contributed by atoms with van der Waals surface area (Å²) in [5.74, 6) is -0.0649. The highest BCUT2D eigenvalue weighted by Crippen LogP contribution is 2.32. The van der Waals surface area contributed by atoms with Gasteiger partial charge >= 0.3 is 0 Å². The third-order valence-electron chi connectivity index (χ3n) is 7.54. The number of sulfone groups is 1. The van der Waals surface area contributed by atoms with Gasteiger partial charge in [0.1, 0.15) is 12.4 Å². The van der Waals surface area contributed by atoms with Crippen LogP contribution in [0, 0.1) is 5.92 Å². The van der Waals surface area contributed by atoms with Crippen molar-refractivity contribution in [3.05, 3.63) is 30.3 Å². The molecule has 0 saturated carbocycles. The van der Waals surface area contributed by atoms with Gasteiger partial charge in [-0.25, -0.2) is 8.42 Å². The van der Waals surface area contributed by atoms with Crippen molar-refractivity contribution in [1.29, 1.82) is 0 Å². The van der Waals surface area contributed by atoms with Gasteiger partial charge in [-0.15, -0.1) is 0 Å². The molecule has 1 aromatic carbocycles. The molecule has 1 fully saturated rings. The van der Waals surface area contributed by atoms with Crippen molar-refractivity contribution in [2.75, 3.05) is 12.4 Å². The van der Waals surface area contributed by atoms with Crippen molar-refractivity contribution < 1.29 is 31.8 Å². The fourth-order valence-electron chi connectivity index (χ4n) is 5.29. The van der Waals surface area contributed by atoms with Crippen molar-refractivity contribution in [2.24, 2.45) is 5.92 Å². The fourth-order valence-corrected chi connectivity index (χ4v) is 9.72. The zero-order valence-electron chi connectivity index (χ0n) is 23.6. The van der Waals surface area contributed by atoms with Crippen molar-refractivity contribution in [2.45, 2.75) is 121 Å². The molecule has 212 valence electrons. The Hall–Kier alpha value is -1.10. The topological polar surface area (TPSA) is 88.1 Å². The smallest absolute Gasteiger partial charge is 0.193 e. The molecule has 0 amide bonds. The molecule has 1 unspecified atom stereocenters. The number of carbonyl (C=O) groups excluding carboxylic acids is 1. The standard InChI is InChI=1S/C28H48O7SSi/c1-7-32-23(6)33-25(18-22(5)21-36(30,31)26-14-12-11-13-15-26)19-24-16-17-27(34-24)28(20-29)35-37(8-2,9-3)10-4/h11-15,20,22-25,27-28H,7-10,16-19,21H2,1-6H3/t22-,23?,24+,25-,27+,28+/m0/s1.